The number of pyridine rings is 2. The Morgan fingerprint density at radius 2 is 2.07 bits per heavy atom. The molecule has 3 aromatic heterocycles. The summed E-state index contributed by atoms with van der Waals surface area (Å²) in [5.41, 5.74) is 2.02. The summed E-state index contributed by atoms with van der Waals surface area (Å²) in [6.07, 6.45) is 0.0727. The number of alkyl halides is 3. The summed E-state index contributed by atoms with van der Waals surface area (Å²) in [4.78, 5) is 20.6. The van der Waals surface area contributed by atoms with Gasteiger partial charge in [0.15, 0.2) is 6.61 Å². The topological polar surface area (TPSA) is 81.9 Å². The van der Waals surface area contributed by atoms with Gasteiger partial charge < -0.3 is 10.1 Å². The van der Waals surface area contributed by atoms with Crippen LogP contribution in [0.1, 0.15) is 35.6 Å². The van der Waals surface area contributed by atoms with E-state index in [0.717, 1.165) is 0 Å². The minimum Gasteiger partial charge on any atom is -0.482 e. The van der Waals surface area contributed by atoms with Crippen LogP contribution < -0.4 is 10.1 Å². The van der Waals surface area contributed by atoms with Crippen molar-refractivity contribution in [3.63, 3.8) is 0 Å². The number of nitrogens with one attached hydrogen (secondary N) is 1. The number of hydrogen-bond acceptors (Lipinski definition) is 5. The number of carbonyl (C=O) groups excluding carboxylic acids is 1. The summed E-state index contributed by atoms with van der Waals surface area (Å²) < 4.78 is 43.3. The first-order valence-electron chi connectivity index (χ1n) is 8.90. The van der Waals surface area contributed by atoms with Gasteiger partial charge in [0.05, 0.1) is 29.3 Å². The van der Waals surface area contributed by atoms with Crippen molar-refractivity contribution >= 4 is 16.8 Å². The highest BCUT2D eigenvalue weighted by Crippen LogP contribution is 2.22. The van der Waals surface area contributed by atoms with E-state index in [9.17, 15) is 18.0 Å². The molecule has 3 heterocycles. The number of carbonyl (C=O) groups is 1. The molecule has 1 amide bonds. The fourth-order valence-electron chi connectivity index (χ4n) is 2.75. The molecule has 29 heavy (non-hydrogen) atoms. The number of hydrogen-bond donors (Lipinski definition) is 1. The van der Waals surface area contributed by atoms with Crippen molar-refractivity contribution in [3.8, 4) is 5.75 Å². The number of nitrogens with zero attached hydrogens (tertiary/aromatic N) is 4. The van der Waals surface area contributed by atoms with Crippen LogP contribution in [-0.2, 0) is 6.54 Å². The predicted octanol–water partition coefficient (Wildman–Crippen LogP) is 3.26. The molecule has 3 aromatic rings. The lowest BCUT2D eigenvalue weighted by molar-refractivity contribution is -0.153. The van der Waals surface area contributed by atoms with Crippen LogP contribution >= 0.6 is 0 Å². The molecule has 0 aliphatic rings. The van der Waals surface area contributed by atoms with Crippen molar-refractivity contribution in [1.82, 2.24) is 25.1 Å². The first-order valence-corrected chi connectivity index (χ1v) is 8.90. The SMILES string of the molecule is Cc1cc(Cn2cc3c(C(=O)NC(C)C)nccc3n2)ncc1OCC(F)(F)F. The summed E-state index contributed by atoms with van der Waals surface area (Å²) in [5, 5.41) is 7.83. The van der Waals surface area contributed by atoms with Crippen molar-refractivity contribution < 1.29 is 22.7 Å². The van der Waals surface area contributed by atoms with Crippen LogP contribution in [0.2, 0.25) is 0 Å². The Morgan fingerprint density at radius 1 is 1.31 bits per heavy atom. The molecule has 0 bridgehead atoms. The molecule has 0 fully saturated rings. The number of aromatic nitrogens is 4. The average molecular weight is 407 g/mol. The van der Waals surface area contributed by atoms with Crippen LogP contribution in [0.4, 0.5) is 13.2 Å². The molecule has 3 rings (SSSR count). The Morgan fingerprint density at radius 3 is 2.72 bits per heavy atom. The second-order valence-corrected chi connectivity index (χ2v) is 6.89. The van der Waals surface area contributed by atoms with Crippen LogP contribution in [0, 0.1) is 6.92 Å². The first kappa shape index (κ1) is 20.6. The normalized spacial score (nSPS) is 11.8. The first-order chi connectivity index (χ1) is 13.6. The van der Waals surface area contributed by atoms with E-state index in [1.165, 1.54) is 12.4 Å². The van der Waals surface area contributed by atoms with Gasteiger partial charge in [-0.15, -0.1) is 0 Å². The lowest BCUT2D eigenvalue weighted by atomic mass is 10.2. The molecule has 0 saturated carbocycles. The zero-order valence-corrected chi connectivity index (χ0v) is 16.1. The summed E-state index contributed by atoms with van der Waals surface area (Å²) in [6, 6.07) is 3.31. The minimum absolute atomic E-state index is 0.0279. The molecule has 0 spiro atoms. The second kappa shape index (κ2) is 8.06. The third-order valence-corrected chi connectivity index (χ3v) is 3.95. The minimum atomic E-state index is -4.41. The monoisotopic (exact) mass is 407 g/mol. The predicted molar refractivity (Wildman–Crippen MR) is 99.8 cm³/mol. The molecule has 0 saturated heterocycles. The molecule has 0 aromatic carbocycles. The van der Waals surface area contributed by atoms with Crippen LogP contribution in [0.5, 0.6) is 5.75 Å². The Balaban J connectivity index is 1.80. The molecule has 0 aliphatic carbocycles. The van der Waals surface area contributed by atoms with Gasteiger partial charge in [0.1, 0.15) is 11.4 Å². The van der Waals surface area contributed by atoms with Gasteiger partial charge in [-0.3, -0.25) is 19.4 Å². The number of amides is 1. The van der Waals surface area contributed by atoms with E-state index in [2.05, 4.69) is 20.4 Å². The van der Waals surface area contributed by atoms with E-state index in [4.69, 9.17) is 4.74 Å². The molecule has 0 radical (unpaired) electrons. The van der Waals surface area contributed by atoms with E-state index < -0.39 is 12.8 Å². The van der Waals surface area contributed by atoms with Crippen molar-refractivity contribution in [2.75, 3.05) is 6.61 Å². The second-order valence-electron chi connectivity index (χ2n) is 6.89. The van der Waals surface area contributed by atoms with Gasteiger partial charge >= 0.3 is 6.18 Å². The molecule has 0 aliphatic heterocycles. The summed E-state index contributed by atoms with van der Waals surface area (Å²) in [5.74, 6) is -0.209. The number of fused-ring (bicyclic) bond motifs is 1. The maximum Gasteiger partial charge on any atom is 0.422 e. The van der Waals surface area contributed by atoms with E-state index >= 15 is 0 Å². The molecular formula is C19H20F3N5O2. The van der Waals surface area contributed by atoms with Crippen molar-refractivity contribution in [1.29, 1.82) is 0 Å². The van der Waals surface area contributed by atoms with Crippen LogP contribution in [0.25, 0.3) is 10.9 Å². The molecule has 154 valence electrons. The third-order valence-electron chi connectivity index (χ3n) is 3.95. The highest BCUT2D eigenvalue weighted by molar-refractivity contribution is 6.04. The molecule has 7 nitrogen and oxygen atoms in total. The van der Waals surface area contributed by atoms with Crippen molar-refractivity contribution in [2.45, 2.75) is 39.5 Å². The average Bonchev–Trinajstić information content (AvgIpc) is 3.01. The Labute approximate surface area is 164 Å². The van der Waals surface area contributed by atoms with E-state index in [0.29, 0.717) is 22.2 Å². The van der Waals surface area contributed by atoms with Crippen molar-refractivity contribution in [2.24, 2.45) is 0 Å². The number of aryl methyl sites for hydroxylation is 1. The lowest BCUT2D eigenvalue weighted by Gasteiger charge is -2.11. The van der Waals surface area contributed by atoms with Gasteiger partial charge in [0.25, 0.3) is 5.91 Å². The number of halogens is 3. The number of rotatable bonds is 6. The smallest absolute Gasteiger partial charge is 0.422 e. The molecule has 0 unspecified atom stereocenters. The standard InChI is InChI=1S/C19H20F3N5O2/c1-11(2)25-18(28)17-14-9-27(26-15(14)4-5-23-17)8-13-6-12(3)16(7-24-13)29-10-19(20,21)22/h4-7,9,11H,8,10H2,1-3H3,(H,25,28). The van der Waals surface area contributed by atoms with Gasteiger partial charge in [-0.2, -0.15) is 18.3 Å². The zero-order chi connectivity index (χ0) is 21.2. The molecular weight excluding hydrogens is 387 g/mol. The molecule has 1 N–H and O–H groups in total. The largest absolute Gasteiger partial charge is 0.482 e. The summed E-state index contributed by atoms with van der Waals surface area (Å²) >= 11 is 0. The zero-order valence-electron chi connectivity index (χ0n) is 16.1. The van der Waals surface area contributed by atoms with Gasteiger partial charge in [-0.1, -0.05) is 0 Å². The summed E-state index contributed by atoms with van der Waals surface area (Å²) in [7, 11) is 0. The quantitative estimate of drug-likeness (QED) is 0.678. The van der Waals surface area contributed by atoms with Crippen LogP contribution in [0.3, 0.4) is 0 Å². The van der Waals surface area contributed by atoms with Crippen LogP contribution in [-0.4, -0.2) is 44.5 Å². The van der Waals surface area contributed by atoms with Crippen LogP contribution in [0.15, 0.2) is 30.7 Å². The van der Waals surface area contributed by atoms with E-state index in [-0.39, 0.29) is 29.9 Å². The lowest BCUT2D eigenvalue weighted by Crippen LogP contribution is -2.30. The van der Waals surface area contributed by atoms with Crippen molar-refractivity contribution in [3.05, 3.63) is 47.7 Å². The fourth-order valence-corrected chi connectivity index (χ4v) is 2.75. The maximum atomic E-state index is 12.3. The maximum absolute atomic E-state index is 12.3. The third kappa shape index (κ3) is 5.21. The molecule has 0 atom stereocenters. The Bertz CT molecular complexity index is 1030. The van der Waals surface area contributed by atoms with Gasteiger partial charge in [0.2, 0.25) is 0 Å². The fraction of sp³-hybridized carbons (Fsp3) is 0.368. The van der Waals surface area contributed by atoms with E-state index in [1.54, 1.807) is 29.9 Å². The highest BCUT2D eigenvalue weighted by atomic mass is 19.4. The van der Waals surface area contributed by atoms with E-state index in [1.807, 2.05) is 13.8 Å². The highest BCUT2D eigenvalue weighted by Gasteiger charge is 2.28. The Hall–Kier alpha value is -3.17. The molecule has 10 heteroatoms. The number of ether oxygens (including phenoxy) is 1. The Kier molecular flexibility index (Phi) is 5.71. The summed E-state index contributed by atoms with van der Waals surface area (Å²) in [6.45, 7) is 4.28. The van der Waals surface area contributed by atoms with Gasteiger partial charge in [-0.05, 0) is 38.5 Å². The van der Waals surface area contributed by atoms with Gasteiger partial charge in [-0.25, -0.2) is 0 Å². The van der Waals surface area contributed by atoms with Gasteiger partial charge in [0, 0.05) is 18.4 Å².